The van der Waals surface area contributed by atoms with E-state index >= 15 is 0 Å². The first-order valence-electron chi connectivity index (χ1n) is 6.52. The van der Waals surface area contributed by atoms with Crippen LogP contribution < -0.4 is 10.9 Å². The lowest BCUT2D eigenvalue weighted by atomic mass is 9.89. The van der Waals surface area contributed by atoms with Crippen molar-refractivity contribution in [1.29, 1.82) is 0 Å². The van der Waals surface area contributed by atoms with E-state index < -0.39 is 0 Å². The van der Waals surface area contributed by atoms with E-state index in [1.807, 2.05) is 0 Å². The molecule has 2 rings (SSSR count). The largest absolute Gasteiger partial charge is 0.273 e. The summed E-state index contributed by atoms with van der Waals surface area (Å²) in [5.41, 5.74) is 5.39. The van der Waals surface area contributed by atoms with Crippen LogP contribution in [0.15, 0.2) is 24.3 Å². The number of halogens is 1. The smallest absolute Gasteiger partial charge is 0.269 e. The van der Waals surface area contributed by atoms with E-state index in [1.165, 1.54) is 6.42 Å². The van der Waals surface area contributed by atoms with Crippen molar-refractivity contribution >= 4 is 23.4 Å². The minimum Gasteiger partial charge on any atom is -0.273 e. The molecule has 102 valence electrons. The van der Waals surface area contributed by atoms with Crippen molar-refractivity contribution in [3.8, 4) is 0 Å². The number of benzene rings is 1. The van der Waals surface area contributed by atoms with Crippen molar-refractivity contribution in [3.63, 3.8) is 0 Å². The summed E-state index contributed by atoms with van der Waals surface area (Å²) in [7, 11) is 0. The van der Waals surface area contributed by atoms with E-state index in [2.05, 4.69) is 10.9 Å². The zero-order valence-electron chi connectivity index (χ0n) is 10.6. The van der Waals surface area contributed by atoms with Gasteiger partial charge in [0.05, 0.1) is 0 Å². The number of hydrogen-bond donors (Lipinski definition) is 2. The van der Waals surface area contributed by atoms with Gasteiger partial charge in [-0.3, -0.25) is 20.4 Å². The molecule has 2 amide bonds. The second-order valence-electron chi connectivity index (χ2n) is 4.79. The Morgan fingerprint density at radius 1 is 1.00 bits per heavy atom. The lowest BCUT2D eigenvalue weighted by Crippen LogP contribution is -2.44. The molecule has 0 aromatic heterocycles. The van der Waals surface area contributed by atoms with Crippen molar-refractivity contribution in [3.05, 3.63) is 34.9 Å². The van der Waals surface area contributed by atoms with Gasteiger partial charge in [0.25, 0.3) is 5.91 Å². The Kier molecular flexibility index (Phi) is 4.80. The Labute approximate surface area is 117 Å². The molecule has 0 spiro atoms. The van der Waals surface area contributed by atoms with Crippen molar-refractivity contribution in [2.75, 3.05) is 0 Å². The summed E-state index contributed by atoms with van der Waals surface area (Å²) in [6.45, 7) is 0. The van der Waals surface area contributed by atoms with Gasteiger partial charge >= 0.3 is 0 Å². The molecule has 0 saturated heterocycles. The fourth-order valence-electron chi connectivity index (χ4n) is 2.26. The number of nitrogens with one attached hydrogen (secondary N) is 2. The zero-order valence-corrected chi connectivity index (χ0v) is 11.4. The van der Waals surface area contributed by atoms with E-state index in [4.69, 9.17) is 11.6 Å². The molecule has 4 nitrogen and oxygen atoms in total. The molecule has 0 aliphatic heterocycles. The van der Waals surface area contributed by atoms with Crippen molar-refractivity contribution in [2.24, 2.45) is 5.92 Å². The third-order valence-electron chi connectivity index (χ3n) is 3.38. The van der Waals surface area contributed by atoms with Gasteiger partial charge in [-0.05, 0) is 37.1 Å². The number of carbonyl (C=O) groups excluding carboxylic acids is 2. The van der Waals surface area contributed by atoms with Crippen LogP contribution in [0.25, 0.3) is 0 Å². The van der Waals surface area contributed by atoms with E-state index in [1.54, 1.807) is 24.3 Å². The SMILES string of the molecule is O=C(NNC(=O)C1CCCCC1)c1ccc(Cl)cc1. The van der Waals surface area contributed by atoms with E-state index in [0.717, 1.165) is 25.7 Å². The number of amides is 2. The van der Waals surface area contributed by atoms with E-state index in [0.29, 0.717) is 10.6 Å². The van der Waals surface area contributed by atoms with Crippen LogP contribution in [0.2, 0.25) is 5.02 Å². The Bertz CT molecular complexity index is 453. The van der Waals surface area contributed by atoms with Crippen LogP contribution in [-0.2, 0) is 4.79 Å². The molecule has 1 aliphatic carbocycles. The molecule has 0 atom stereocenters. The molecule has 19 heavy (non-hydrogen) atoms. The summed E-state index contributed by atoms with van der Waals surface area (Å²) in [5, 5.41) is 0.572. The Morgan fingerprint density at radius 3 is 2.26 bits per heavy atom. The van der Waals surface area contributed by atoms with Crippen LogP contribution in [0.1, 0.15) is 42.5 Å². The Hall–Kier alpha value is -1.55. The molecule has 1 aromatic carbocycles. The lowest BCUT2D eigenvalue weighted by molar-refractivity contribution is -0.126. The van der Waals surface area contributed by atoms with Gasteiger partial charge in [0.2, 0.25) is 5.91 Å². The van der Waals surface area contributed by atoms with Gasteiger partial charge in [-0.15, -0.1) is 0 Å². The molecule has 0 radical (unpaired) electrons. The van der Waals surface area contributed by atoms with Crippen LogP contribution in [0.3, 0.4) is 0 Å². The predicted octanol–water partition coefficient (Wildman–Crippen LogP) is 2.68. The highest BCUT2D eigenvalue weighted by atomic mass is 35.5. The lowest BCUT2D eigenvalue weighted by Gasteiger charge is -2.20. The first kappa shape index (κ1) is 13.9. The van der Waals surface area contributed by atoms with Crippen LogP contribution in [-0.4, -0.2) is 11.8 Å². The predicted molar refractivity (Wildman–Crippen MR) is 73.6 cm³/mol. The highest BCUT2D eigenvalue weighted by Gasteiger charge is 2.21. The molecule has 2 N–H and O–H groups in total. The summed E-state index contributed by atoms with van der Waals surface area (Å²) in [4.78, 5) is 23.6. The molecule has 1 saturated carbocycles. The maximum atomic E-state index is 11.8. The standard InChI is InChI=1S/C14H17ClN2O2/c15-12-8-6-11(7-9-12)14(19)17-16-13(18)10-4-2-1-3-5-10/h6-10H,1-5H2,(H,16,18)(H,17,19). The quantitative estimate of drug-likeness (QED) is 0.818. The number of hydrogen-bond acceptors (Lipinski definition) is 2. The number of rotatable bonds is 2. The van der Waals surface area contributed by atoms with Crippen LogP contribution in [0.5, 0.6) is 0 Å². The van der Waals surface area contributed by atoms with Gasteiger partial charge in [-0.1, -0.05) is 30.9 Å². The number of carbonyl (C=O) groups is 2. The second-order valence-corrected chi connectivity index (χ2v) is 5.22. The molecule has 0 unspecified atom stereocenters. The van der Waals surface area contributed by atoms with Crippen LogP contribution in [0.4, 0.5) is 0 Å². The zero-order chi connectivity index (χ0) is 13.7. The first-order chi connectivity index (χ1) is 9.16. The Balaban J connectivity index is 1.82. The monoisotopic (exact) mass is 280 g/mol. The fraction of sp³-hybridized carbons (Fsp3) is 0.429. The van der Waals surface area contributed by atoms with Gasteiger partial charge in [0, 0.05) is 16.5 Å². The average Bonchev–Trinajstić information content (AvgIpc) is 2.46. The number of hydrazine groups is 1. The van der Waals surface area contributed by atoms with Crippen molar-refractivity contribution in [2.45, 2.75) is 32.1 Å². The molecule has 5 heteroatoms. The molecule has 0 heterocycles. The van der Waals surface area contributed by atoms with Crippen LogP contribution >= 0.6 is 11.6 Å². The third kappa shape index (κ3) is 3.96. The summed E-state index contributed by atoms with van der Waals surface area (Å²) >= 11 is 5.74. The van der Waals surface area contributed by atoms with Gasteiger partial charge in [-0.25, -0.2) is 0 Å². The summed E-state index contributed by atoms with van der Waals surface area (Å²) in [5.74, 6) is -0.401. The maximum absolute atomic E-state index is 11.8. The molecule has 1 aliphatic rings. The molecular formula is C14H17ClN2O2. The second kappa shape index (κ2) is 6.57. The fourth-order valence-corrected chi connectivity index (χ4v) is 2.38. The Morgan fingerprint density at radius 2 is 1.63 bits per heavy atom. The molecular weight excluding hydrogens is 264 g/mol. The molecule has 0 bridgehead atoms. The third-order valence-corrected chi connectivity index (χ3v) is 3.63. The van der Waals surface area contributed by atoms with Gasteiger partial charge < -0.3 is 0 Å². The van der Waals surface area contributed by atoms with Crippen LogP contribution in [0, 0.1) is 5.92 Å². The van der Waals surface area contributed by atoms with Crippen molar-refractivity contribution in [1.82, 2.24) is 10.9 Å². The minimum absolute atomic E-state index is 0.0271. The topological polar surface area (TPSA) is 58.2 Å². The van der Waals surface area contributed by atoms with E-state index in [-0.39, 0.29) is 17.7 Å². The normalized spacial score (nSPS) is 15.8. The minimum atomic E-state index is -0.333. The van der Waals surface area contributed by atoms with E-state index in [9.17, 15) is 9.59 Å². The summed E-state index contributed by atoms with van der Waals surface area (Å²) in [6, 6.07) is 6.51. The molecule has 1 fully saturated rings. The highest BCUT2D eigenvalue weighted by molar-refractivity contribution is 6.30. The first-order valence-corrected chi connectivity index (χ1v) is 6.90. The molecule has 1 aromatic rings. The highest BCUT2D eigenvalue weighted by Crippen LogP contribution is 2.23. The average molecular weight is 281 g/mol. The summed E-state index contributed by atoms with van der Waals surface area (Å²) in [6.07, 6.45) is 5.18. The van der Waals surface area contributed by atoms with Gasteiger partial charge in [0.15, 0.2) is 0 Å². The van der Waals surface area contributed by atoms with Gasteiger partial charge in [-0.2, -0.15) is 0 Å². The maximum Gasteiger partial charge on any atom is 0.269 e. The van der Waals surface area contributed by atoms with Gasteiger partial charge in [0.1, 0.15) is 0 Å². The summed E-state index contributed by atoms with van der Waals surface area (Å²) < 4.78 is 0. The van der Waals surface area contributed by atoms with Crippen molar-refractivity contribution < 1.29 is 9.59 Å².